The Balaban J connectivity index is 2.35. The van der Waals surface area contributed by atoms with Crippen LogP contribution in [-0.2, 0) is 0 Å². The van der Waals surface area contributed by atoms with Crippen LogP contribution in [0.5, 0.6) is 0 Å². The average Bonchev–Trinajstić information content (AvgIpc) is 2.53. The van der Waals surface area contributed by atoms with Gasteiger partial charge in [-0.25, -0.2) is 0 Å². The number of non-ortho nitro benzene ring substituents is 2. The summed E-state index contributed by atoms with van der Waals surface area (Å²) < 4.78 is 1.38. The Labute approximate surface area is 142 Å². The summed E-state index contributed by atoms with van der Waals surface area (Å²) in [7, 11) is 0. The summed E-state index contributed by atoms with van der Waals surface area (Å²) in [5, 5.41) is 21.3. The van der Waals surface area contributed by atoms with Crippen LogP contribution < -0.4 is 0 Å². The molecule has 2 aromatic rings. The van der Waals surface area contributed by atoms with Crippen molar-refractivity contribution in [1.82, 2.24) is 0 Å². The van der Waals surface area contributed by atoms with E-state index in [1.54, 1.807) is 24.3 Å². The molecule has 0 radical (unpaired) electrons. The molecule has 0 heterocycles. The highest BCUT2D eigenvalue weighted by atomic mass is 79.9. The number of nitrogens with zero attached hydrogens (tertiary/aromatic N) is 2. The van der Waals surface area contributed by atoms with E-state index in [9.17, 15) is 20.2 Å². The van der Waals surface area contributed by atoms with Crippen molar-refractivity contribution in [3.8, 4) is 0 Å². The highest BCUT2D eigenvalue weighted by Crippen LogP contribution is 2.36. The van der Waals surface area contributed by atoms with Gasteiger partial charge in [-0.1, -0.05) is 0 Å². The normalized spacial score (nSPS) is 11.7. The molecule has 2 rings (SSSR count). The lowest BCUT2D eigenvalue weighted by Crippen LogP contribution is -1.89. The second-order valence-electron chi connectivity index (χ2n) is 4.24. The van der Waals surface area contributed by atoms with Crippen LogP contribution in [-0.4, -0.2) is 9.85 Å². The highest BCUT2D eigenvalue weighted by Gasteiger charge is 2.11. The van der Waals surface area contributed by atoms with Crippen molar-refractivity contribution in [3.05, 3.63) is 79.9 Å². The molecule has 8 heteroatoms. The maximum absolute atomic E-state index is 10.6. The molecule has 6 nitrogen and oxygen atoms in total. The van der Waals surface area contributed by atoms with E-state index in [1.165, 1.54) is 24.3 Å². The van der Waals surface area contributed by atoms with Crippen LogP contribution in [0.1, 0.15) is 11.1 Å². The lowest BCUT2D eigenvalue weighted by atomic mass is 10.1. The molecule has 0 saturated carbocycles. The van der Waals surface area contributed by atoms with E-state index in [0.717, 1.165) is 11.1 Å². The molecule has 0 bridgehead atoms. The Hall–Kier alpha value is -2.06. The summed E-state index contributed by atoms with van der Waals surface area (Å²) in [6.07, 6.45) is 0. The molecular weight excluding hydrogens is 420 g/mol. The van der Waals surface area contributed by atoms with E-state index in [4.69, 9.17) is 0 Å². The van der Waals surface area contributed by atoms with Gasteiger partial charge in [0.1, 0.15) is 0 Å². The Kier molecular flexibility index (Phi) is 5.04. The van der Waals surface area contributed by atoms with Crippen LogP contribution in [0.3, 0.4) is 0 Å². The first-order valence-electron chi connectivity index (χ1n) is 5.95. The molecule has 0 N–H and O–H groups in total. The summed E-state index contributed by atoms with van der Waals surface area (Å²) in [4.78, 5) is 20.4. The van der Waals surface area contributed by atoms with Crippen LogP contribution in [0.2, 0.25) is 0 Å². The van der Waals surface area contributed by atoms with Crippen LogP contribution in [0.15, 0.2) is 48.5 Å². The van der Waals surface area contributed by atoms with Gasteiger partial charge in [0.15, 0.2) is 0 Å². The van der Waals surface area contributed by atoms with E-state index in [1.807, 2.05) is 0 Å². The molecule has 0 aliphatic heterocycles. The second kappa shape index (κ2) is 6.80. The monoisotopic (exact) mass is 426 g/mol. The first kappa shape index (κ1) is 16.3. The summed E-state index contributed by atoms with van der Waals surface area (Å²) >= 11 is 6.85. The van der Waals surface area contributed by atoms with Crippen LogP contribution in [0.25, 0.3) is 8.96 Å². The van der Waals surface area contributed by atoms with Gasteiger partial charge in [-0.2, -0.15) is 0 Å². The molecule has 0 unspecified atom stereocenters. The fourth-order valence-corrected chi connectivity index (χ4v) is 2.70. The van der Waals surface area contributed by atoms with Gasteiger partial charge in [0, 0.05) is 33.2 Å². The highest BCUT2D eigenvalue weighted by molar-refractivity contribution is 9.18. The molecule has 0 fully saturated rings. The minimum Gasteiger partial charge on any atom is -0.258 e. The van der Waals surface area contributed by atoms with Gasteiger partial charge in [-0.05, 0) is 67.3 Å². The van der Waals surface area contributed by atoms with E-state index >= 15 is 0 Å². The number of nitro benzene ring substituents is 2. The van der Waals surface area contributed by atoms with Gasteiger partial charge in [0.2, 0.25) is 0 Å². The molecule has 0 aromatic heterocycles. The topological polar surface area (TPSA) is 86.3 Å². The SMILES string of the molecule is O=[N+]([O-])c1ccc(/C(Br)=C(/Br)c2ccc([N+](=O)[O-])cc2)cc1. The van der Waals surface area contributed by atoms with Gasteiger partial charge < -0.3 is 0 Å². The minimum absolute atomic E-state index is 0.00973. The lowest BCUT2D eigenvalue weighted by molar-refractivity contribution is -0.385. The third-order valence-corrected chi connectivity index (χ3v) is 5.10. The molecular formula is C14H8Br2N2O4. The van der Waals surface area contributed by atoms with Gasteiger partial charge in [-0.15, -0.1) is 0 Å². The maximum atomic E-state index is 10.6. The smallest absolute Gasteiger partial charge is 0.258 e. The predicted molar refractivity (Wildman–Crippen MR) is 90.9 cm³/mol. The molecule has 0 atom stereocenters. The molecule has 2 aromatic carbocycles. The quantitative estimate of drug-likeness (QED) is 0.385. The van der Waals surface area contributed by atoms with Crippen molar-refractivity contribution in [1.29, 1.82) is 0 Å². The zero-order valence-corrected chi connectivity index (χ0v) is 14.1. The molecule has 0 amide bonds. The number of halogens is 2. The lowest BCUT2D eigenvalue weighted by Gasteiger charge is -2.05. The molecule has 112 valence electrons. The maximum Gasteiger partial charge on any atom is 0.269 e. The second-order valence-corrected chi connectivity index (χ2v) is 5.82. The molecule has 0 aliphatic rings. The summed E-state index contributed by atoms with van der Waals surface area (Å²) in [6.45, 7) is 0. The zero-order chi connectivity index (χ0) is 16.3. The number of benzene rings is 2. The van der Waals surface area contributed by atoms with Crippen molar-refractivity contribution in [2.45, 2.75) is 0 Å². The fourth-order valence-electron chi connectivity index (χ4n) is 1.71. The van der Waals surface area contributed by atoms with Crippen LogP contribution in [0.4, 0.5) is 11.4 Å². The Morgan fingerprint density at radius 3 is 1.18 bits per heavy atom. The fraction of sp³-hybridized carbons (Fsp3) is 0. The van der Waals surface area contributed by atoms with E-state index in [0.29, 0.717) is 8.96 Å². The Morgan fingerprint density at radius 2 is 0.955 bits per heavy atom. The van der Waals surface area contributed by atoms with Crippen molar-refractivity contribution in [2.24, 2.45) is 0 Å². The van der Waals surface area contributed by atoms with Gasteiger partial charge in [0.05, 0.1) is 9.85 Å². The first-order chi connectivity index (χ1) is 10.4. The molecule has 22 heavy (non-hydrogen) atoms. The third-order valence-electron chi connectivity index (χ3n) is 2.86. The van der Waals surface area contributed by atoms with Crippen LogP contribution in [0, 0.1) is 20.2 Å². The summed E-state index contributed by atoms with van der Waals surface area (Å²) in [5.74, 6) is 0. The molecule has 0 spiro atoms. The summed E-state index contributed by atoms with van der Waals surface area (Å²) in [5.41, 5.74) is 1.51. The average molecular weight is 428 g/mol. The largest absolute Gasteiger partial charge is 0.269 e. The summed E-state index contributed by atoms with van der Waals surface area (Å²) in [6, 6.07) is 12.1. The predicted octanol–water partition coefficient (Wildman–Crippen LogP) is 5.12. The zero-order valence-electron chi connectivity index (χ0n) is 10.9. The van der Waals surface area contributed by atoms with Gasteiger partial charge in [0.25, 0.3) is 11.4 Å². The third kappa shape index (κ3) is 3.58. The minimum atomic E-state index is -0.466. The molecule has 0 aliphatic carbocycles. The number of nitro groups is 2. The first-order valence-corrected chi connectivity index (χ1v) is 7.53. The van der Waals surface area contributed by atoms with Gasteiger partial charge >= 0.3 is 0 Å². The van der Waals surface area contributed by atoms with Crippen molar-refractivity contribution >= 4 is 52.2 Å². The van der Waals surface area contributed by atoms with E-state index < -0.39 is 9.85 Å². The van der Waals surface area contributed by atoms with Crippen molar-refractivity contribution in [2.75, 3.05) is 0 Å². The number of rotatable bonds is 4. The van der Waals surface area contributed by atoms with Crippen molar-refractivity contribution < 1.29 is 9.85 Å². The molecule has 0 saturated heterocycles. The number of hydrogen-bond donors (Lipinski definition) is 0. The van der Waals surface area contributed by atoms with E-state index in [-0.39, 0.29) is 11.4 Å². The van der Waals surface area contributed by atoms with Gasteiger partial charge in [-0.3, -0.25) is 20.2 Å². The van der Waals surface area contributed by atoms with E-state index in [2.05, 4.69) is 31.9 Å². The van der Waals surface area contributed by atoms with Crippen molar-refractivity contribution in [3.63, 3.8) is 0 Å². The Bertz CT molecular complexity index is 690. The Morgan fingerprint density at radius 1 is 0.682 bits per heavy atom. The standard InChI is InChI=1S/C14H8Br2N2O4/c15-13(9-1-5-11(6-2-9)17(19)20)14(16)10-3-7-12(8-4-10)18(21)22/h1-8H/b14-13-. The number of hydrogen-bond acceptors (Lipinski definition) is 4. The van der Waals surface area contributed by atoms with Crippen LogP contribution >= 0.6 is 31.9 Å².